The molecule has 60 heavy (non-hydrogen) atoms. The van der Waals surface area contributed by atoms with Crippen molar-refractivity contribution in [2.45, 2.75) is 184 Å². The van der Waals surface area contributed by atoms with Gasteiger partial charge >= 0.3 is 0 Å². The van der Waals surface area contributed by atoms with Gasteiger partial charge in [0.2, 0.25) is 0 Å². The molecule has 8 unspecified atom stereocenters. The summed E-state index contributed by atoms with van der Waals surface area (Å²) < 4.78 is 0. The first-order chi connectivity index (χ1) is 28.2. The molecule has 5 heterocycles. The first kappa shape index (κ1) is 42.5. The number of nitrogens with zero attached hydrogens (tertiary/aromatic N) is 4. The Bertz CT molecular complexity index is 1490. The Morgan fingerprint density at radius 3 is 0.750 bits per heavy atom. The van der Waals surface area contributed by atoms with E-state index in [1.807, 2.05) is 0 Å². The van der Waals surface area contributed by atoms with E-state index in [2.05, 4.69) is 172 Å². The fraction of sp³-hybridized carbons (Fsp3) is 0.833. The third-order valence-corrected chi connectivity index (χ3v) is 17.4. The molecule has 336 valence electrons. The lowest BCUT2D eigenvalue weighted by molar-refractivity contribution is 0.0251. The monoisotopic (exact) mass is 829 g/mol. The predicted molar refractivity (Wildman–Crippen MR) is 241 cm³/mol. The van der Waals surface area contributed by atoms with Gasteiger partial charge in [0, 0.05) is 95.4 Å². The Balaban J connectivity index is 1.08. The van der Waals surface area contributed by atoms with Gasteiger partial charge in [-0.05, 0) is 122 Å². The Hall–Kier alpha value is -2.80. The molecule has 12 nitrogen and oxygen atoms in total. The van der Waals surface area contributed by atoms with E-state index in [-0.39, 0.29) is 21.7 Å². The van der Waals surface area contributed by atoms with E-state index in [9.17, 15) is 0 Å². The molecule has 0 aromatic heterocycles. The van der Waals surface area contributed by atoms with Crippen LogP contribution < -0.4 is 43.8 Å². The Kier molecular flexibility index (Phi) is 11.0. The van der Waals surface area contributed by atoms with Crippen LogP contribution in [0, 0.1) is 69.0 Å². The maximum atomic E-state index is 3.77. The second-order valence-electron chi connectivity index (χ2n) is 25.4. The third kappa shape index (κ3) is 8.61. The van der Waals surface area contributed by atoms with Gasteiger partial charge in [-0.1, -0.05) is 83.1 Å². The average Bonchev–Trinajstić information content (AvgIpc) is 4.03. The minimum Gasteiger partial charge on any atom is -0.306 e. The van der Waals surface area contributed by atoms with E-state index in [1.165, 1.54) is 74.2 Å². The minimum atomic E-state index is 0.228. The van der Waals surface area contributed by atoms with Crippen molar-refractivity contribution in [3.63, 3.8) is 0 Å². The van der Waals surface area contributed by atoms with E-state index in [0.717, 1.165) is 25.7 Å². The zero-order valence-electron chi connectivity index (χ0n) is 39.5. The lowest BCUT2D eigenvalue weighted by Gasteiger charge is -2.45. The van der Waals surface area contributed by atoms with Crippen LogP contribution in [0.2, 0.25) is 0 Å². The molecule has 9 rings (SSSR count). The number of hydrazine groups is 8. The lowest BCUT2D eigenvalue weighted by Crippen LogP contribution is -2.54. The number of fused-ring (bicyclic) bond motifs is 20. The fourth-order valence-electron chi connectivity index (χ4n) is 12.9. The van der Waals surface area contributed by atoms with E-state index in [1.54, 1.807) is 0 Å². The van der Waals surface area contributed by atoms with Crippen LogP contribution >= 0.6 is 0 Å². The molecular formula is C48H84N12. The molecule has 9 aliphatic rings. The van der Waals surface area contributed by atoms with E-state index in [0.29, 0.717) is 71.5 Å². The van der Waals surface area contributed by atoms with Crippen LogP contribution in [0.15, 0.2) is 47.6 Å². The van der Waals surface area contributed by atoms with Gasteiger partial charge in [0.15, 0.2) is 0 Å². The minimum absolute atomic E-state index is 0.228. The number of hydrogen-bond acceptors (Lipinski definition) is 12. The quantitative estimate of drug-likeness (QED) is 0.121. The molecule has 8 atom stereocenters. The second-order valence-corrected chi connectivity index (χ2v) is 25.4. The third-order valence-electron chi connectivity index (χ3n) is 17.4. The maximum absolute atomic E-state index is 3.77. The van der Waals surface area contributed by atoms with Crippen molar-refractivity contribution in [3.05, 3.63) is 47.6 Å². The van der Waals surface area contributed by atoms with Crippen molar-refractivity contribution in [2.75, 3.05) is 0 Å². The Morgan fingerprint density at radius 2 is 0.533 bits per heavy atom. The van der Waals surface area contributed by atoms with Crippen molar-refractivity contribution < 1.29 is 0 Å². The van der Waals surface area contributed by atoms with E-state index < -0.39 is 0 Å². The number of hydrogen-bond donors (Lipinski definition) is 8. The summed E-state index contributed by atoms with van der Waals surface area (Å²) in [4.78, 5) is 0. The zero-order chi connectivity index (χ0) is 42.5. The van der Waals surface area contributed by atoms with Gasteiger partial charge in [-0.3, -0.25) is 20.0 Å². The molecular weight excluding hydrogens is 745 g/mol. The summed E-state index contributed by atoms with van der Waals surface area (Å²) in [6, 6.07) is 1.59. The van der Waals surface area contributed by atoms with Gasteiger partial charge < -0.3 is 21.7 Å². The first-order valence-electron chi connectivity index (χ1n) is 24.2. The Labute approximate surface area is 363 Å². The normalized spacial score (nSPS) is 38.7. The molecule has 0 saturated heterocycles. The summed E-state index contributed by atoms with van der Waals surface area (Å²) in [6.45, 7) is 29.5. The molecule has 16 bridgehead atoms. The molecule has 4 saturated carbocycles. The van der Waals surface area contributed by atoms with Crippen molar-refractivity contribution in [2.24, 2.45) is 69.0 Å². The summed E-state index contributed by atoms with van der Waals surface area (Å²) >= 11 is 0. The van der Waals surface area contributed by atoms with Crippen LogP contribution in [0.3, 0.4) is 0 Å². The van der Waals surface area contributed by atoms with E-state index in [4.69, 9.17) is 0 Å². The first-order valence-corrected chi connectivity index (χ1v) is 24.2. The molecule has 5 aliphatic heterocycles. The van der Waals surface area contributed by atoms with Gasteiger partial charge in [-0.15, -0.1) is 22.1 Å². The molecule has 0 spiro atoms. The lowest BCUT2D eigenvalue weighted by atomic mass is 9.64. The van der Waals surface area contributed by atoms with Crippen molar-refractivity contribution in [1.82, 2.24) is 63.9 Å². The van der Waals surface area contributed by atoms with Gasteiger partial charge in [-0.25, -0.2) is 0 Å². The largest absolute Gasteiger partial charge is 0.306 e. The van der Waals surface area contributed by atoms with Gasteiger partial charge in [0.1, 0.15) is 0 Å². The van der Waals surface area contributed by atoms with Gasteiger partial charge in [0.25, 0.3) is 0 Å². The maximum Gasteiger partial charge on any atom is 0.0489 e. The molecule has 4 aliphatic carbocycles. The highest BCUT2D eigenvalue weighted by atomic mass is 15.7. The van der Waals surface area contributed by atoms with Crippen LogP contribution in [0.4, 0.5) is 0 Å². The summed E-state index contributed by atoms with van der Waals surface area (Å²) in [6.07, 6.45) is 24.0. The molecule has 12 heteroatoms. The molecule has 4 fully saturated rings. The van der Waals surface area contributed by atoms with Crippen molar-refractivity contribution in [3.8, 4) is 0 Å². The molecule has 8 N–H and O–H groups in total. The van der Waals surface area contributed by atoms with Crippen LogP contribution in [0.25, 0.3) is 0 Å². The summed E-state index contributed by atoms with van der Waals surface area (Å²) in [5.41, 5.74) is 36.4. The predicted octanol–water partition coefficient (Wildman–Crippen LogP) is 7.99. The highest BCUT2D eigenvalue weighted by Crippen LogP contribution is 2.50. The average molecular weight is 829 g/mol. The topological polar surface area (TPSA) is 109 Å². The highest BCUT2D eigenvalue weighted by Gasteiger charge is 2.47. The van der Waals surface area contributed by atoms with Crippen LogP contribution in [0.5, 0.6) is 0 Å². The smallest absolute Gasteiger partial charge is 0.0489 e. The van der Waals surface area contributed by atoms with Crippen LogP contribution in [-0.2, 0) is 0 Å². The SMILES string of the molecule is CC(C)(C)C1CC2CC(C1)C1=CN(NN1)C1CC(CC(C(C)(C)C)C1)N1C=C(NN1)C1CC(CC(C(C)(C)C)C1)C1=CN(NN1)C1CC(CC(C(C)(C)C)C1)N1C=C2NN1. The van der Waals surface area contributed by atoms with Crippen molar-refractivity contribution >= 4 is 0 Å². The fourth-order valence-corrected chi connectivity index (χ4v) is 12.9. The molecule has 0 aromatic rings. The summed E-state index contributed by atoms with van der Waals surface area (Å²) in [5.74, 6) is 4.35. The second kappa shape index (κ2) is 15.5. The van der Waals surface area contributed by atoms with E-state index >= 15 is 0 Å². The Morgan fingerprint density at radius 1 is 0.317 bits per heavy atom. The van der Waals surface area contributed by atoms with Crippen LogP contribution in [-0.4, -0.2) is 44.2 Å². The summed E-state index contributed by atoms with van der Waals surface area (Å²) in [5, 5.41) is 9.85. The van der Waals surface area contributed by atoms with Crippen molar-refractivity contribution in [1.29, 1.82) is 0 Å². The number of allylic oxidation sites excluding steroid dienone is 4. The highest BCUT2D eigenvalue weighted by molar-refractivity contribution is 5.19. The number of rotatable bonds is 0. The van der Waals surface area contributed by atoms with Gasteiger partial charge in [-0.2, -0.15) is 0 Å². The standard InChI is InChI=1S/C48H84N12/c1-45(2,3)33-15-29-13-30(16-33)42-26-58(54-50-42)38-20-36(48(10,11)12)22-40(24-38)60-28-44(52-56-60)32-14-31(17-34(18-32)46(4,5)6)43-27-59(55-51-43)39-21-35(47(7,8)9)19-37(23-39)57-25-41(29)49-53-57/h25-40,49-56H,13-24H2,1-12H3. The van der Waals surface area contributed by atoms with Gasteiger partial charge in [0.05, 0.1) is 0 Å². The zero-order valence-corrected chi connectivity index (χ0v) is 39.5. The number of nitrogens with one attached hydrogen (secondary N) is 8. The molecule has 0 amide bonds. The van der Waals surface area contributed by atoms with Crippen LogP contribution in [0.1, 0.15) is 160 Å². The molecule has 0 radical (unpaired) electrons. The molecule has 0 aromatic carbocycles. The summed E-state index contributed by atoms with van der Waals surface area (Å²) in [7, 11) is 0.